The summed E-state index contributed by atoms with van der Waals surface area (Å²) in [6.07, 6.45) is 0. The minimum absolute atomic E-state index is 0.0642. The molecule has 0 radical (unpaired) electrons. The van der Waals surface area contributed by atoms with E-state index < -0.39 is 5.60 Å². The molecule has 0 aliphatic heterocycles. The van der Waals surface area contributed by atoms with Gasteiger partial charge in [-0.05, 0) is 19.6 Å². The molecule has 0 spiro atoms. The first kappa shape index (κ1) is 9.40. The minimum atomic E-state index is -0.485. The van der Waals surface area contributed by atoms with Gasteiger partial charge in [0.1, 0.15) is 0 Å². The fraction of sp³-hybridized carbons (Fsp3) is 1.00. The highest BCUT2D eigenvalue weighted by Gasteiger charge is 2.77. The number of rotatable bonds is 2. The van der Waals surface area contributed by atoms with E-state index in [1.807, 2.05) is 18.7 Å². The number of aliphatic hydroxyl groups is 1. The van der Waals surface area contributed by atoms with Crippen molar-refractivity contribution in [1.82, 2.24) is 0 Å². The minimum Gasteiger partial charge on any atom is -0.388 e. The number of hydrogen-bond acceptors (Lipinski definition) is 2. The van der Waals surface area contributed by atoms with E-state index in [-0.39, 0.29) is 10.2 Å². The highest BCUT2D eigenvalue weighted by Crippen LogP contribution is 2.71. The van der Waals surface area contributed by atoms with E-state index in [9.17, 15) is 5.11 Å². The van der Waals surface area contributed by atoms with Gasteiger partial charge in [-0.25, -0.2) is 0 Å². The van der Waals surface area contributed by atoms with Gasteiger partial charge in [0.05, 0.1) is 10.3 Å². The Morgan fingerprint density at radius 2 is 1.55 bits per heavy atom. The predicted octanol–water partition coefficient (Wildman–Crippen LogP) is 2.29. The first-order chi connectivity index (χ1) is 4.81. The second kappa shape index (κ2) is 2.17. The molecular weight excluding hydrogens is 156 g/mol. The third kappa shape index (κ3) is 0.829. The van der Waals surface area contributed by atoms with Crippen LogP contribution < -0.4 is 0 Å². The van der Waals surface area contributed by atoms with Gasteiger partial charge in [0.15, 0.2) is 0 Å². The van der Waals surface area contributed by atoms with Crippen molar-refractivity contribution in [3.8, 4) is 0 Å². The summed E-state index contributed by atoms with van der Waals surface area (Å²) < 4.78 is 0.0642. The molecule has 2 unspecified atom stereocenters. The van der Waals surface area contributed by atoms with E-state index >= 15 is 0 Å². The molecule has 1 rings (SSSR count). The van der Waals surface area contributed by atoms with Crippen molar-refractivity contribution in [2.45, 2.75) is 45.0 Å². The second-order valence-electron chi connectivity index (χ2n) is 4.16. The lowest BCUT2D eigenvalue weighted by Gasteiger charge is -2.11. The standard InChI is InChI=1S/C9H18OS/c1-6-11-9(5)7(2,3)8(9,4)10/h10H,6H2,1-5H3. The maximum atomic E-state index is 9.99. The van der Waals surface area contributed by atoms with Crippen LogP contribution in [0, 0.1) is 5.41 Å². The monoisotopic (exact) mass is 174 g/mol. The molecule has 1 N–H and O–H groups in total. The summed E-state index contributed by atoms with van der Waals surface area (Å²) in [7, 11) is 0. The van der Waals surface area contributed by atoms with Gasteiger partial charge in [-0.3, -0.25) is 0 Å². The lowest BCUT2D eigenvalue weighted by molar-refractivity contribution is 0.125. The van der Waals surface area contributed by atoms with Crippen LogP contribution in [0.4, 0.5) is 0 Å². The summed E-state index contributed by atoms with van der Waals surface area (Å²) in [4.78, 5) is 0. The summed E-state index contributed by atoms with van der Waals surface area (Å²) in [6.45, 7) is 10.5. The third-order valence-corrected chi connectivity index (χ3v) is 5.48. The normalized spacial score (nSPS) is 47.5. The molecule has 1 saturated carbocycles. The molecule has 0 aromatic heterocycles. The fourth-order valence-corrected chi connectivity index (χ4v) is 3.50. The molecule has 0 bridgehead atoms. The van der Waals surface area contributed by atoms with Crippen molar-refractivity contribution in [3.05, 3.63) is 0 Å². The van der Waals surface area contributed by atoms with Gasteiger partial charge < -0.3 is 5.11 Å². The Morgan fingerprint density at radius 3 is 1.64 bits per heavy atom. The van der Waals surface area contributed by atoms with Crippen molar-refractivity contribution >= 4 is 11.8 Å². The summed E-state index contributed by atoms with van der Waals surface area (Å²) in [5.74, 6) is 1.08. The zero-order chi connectivity index (χ0) is 8.91. The van der Waals surface area contributed by atoms with E-state index in [1.54, 1.807) is 0 Å². The van der Waals surface area contributed by atoms with Crippen LogP contribution in [-0.4, -0.2) is 21.2 Å². The van der Waals surface area contributed by atoms with Crippen LogP contribution in [0.3, 0.4) is 0 Å². The molecule has 1 aliphatic carbocycles. The predicted molar refractivity (Wildman–Crippen MR) is 50.9 cm³/mol. The van der Waals surface area contributed by atoms with E-state index in [0.717, 1.165) is 5.75 Å². The molecule has 2 atom stereocenters. The van der Waals surface area contributed by atoms with Gasteiger partial charge in [0, 0.05) is 5.41 Å². The van der Waals surface area contributed by atoms with Crippen molar-refractivity contribution in [2.24, 2.45) is 5.41 Å². The zero-order valence-corrected chi connectivity index (χ0v) is 8.88. The van der Waals surface area contributed by atoms with Crippen molar-refractivity contribution in [3.63, 3.8) is 0 Å². The number of thioether (sulfide) groups is 1. The Kier molecular flexibility index (Phi) is 1.85. The topological polar surface area (TPSA) is 20.2 Å². The van der Waals surface area contributed by atoms with Crippen molar-refractivity contribution in [2.75, 3.05) is 5.75 Å². The van der Waals surface area contributed by atoms with Crippen LogP contribution in [-0.2, 0) is 0 Å². The Labute approximate surface area is 73.6 Å². The van der Waals surface area contributed by atoms with Crippen LogP contribution in [0.5, 0.6) is 0 Å². The molecule has 66 valence electrons. The lowest BCUT2D eigenvalue weighted by atomic mass is 10.1. The smallest absolute Gasteiger partial charge is 0.0834 e. The summed E-state index contributed by atoms with van der Waals surface area (Å²) in [5, 5.41) is 9.99. The average molecular weight is 174 g/mol. The Hall–Kier alpha value is 0.310. The molecule has 0 saturated heterocycles. The highest BCUT2D eigenvalue weighted by molar-refractivity contribution is 8.01. The Bertz CT molecular complexity index is 158. The number of hydrogen-bond donors (Lipinski definition) is 1. The molecule has 1 fully saturated rings. The quantitative estimate of drug-likeness (QED) is 0.693. The highest BCUT2D eigenvalue weighted by atomic mass is 32.2. The molecule has 1 aliphatic rings. The maximum Gasteiger partial charge on any atom is 0.0834 e. The molecule has 11 heavy (non-hydrogen) atoms. The molecular formula is C9H18OS. The van der Waals surface area contributed by atoms with Crippen LogP contribution >= 0.6 is 11.8 Å². The summed E-state index contributed by atoms with van der Waals surface area (Å²) in [5.41, 5.74) is -0.415. The molecule has 1 nitrogen and oxygen atoms in total. The second-order valence-corrected chi connectivity index (χ2v) is 5.85. The van der Waals surface area contributed by atoms with E-state index in [4.69, 9.17) is 0 Å². The third-order valence-electron chi connectivity index (χ3n) is 3.71. The molecule has 0 aromatic carbocycles. The van der Waals surface area contributed by atoms with Crippen LogP contribution in [0.2, 0.25) is 0 Å². The fourth-order valence-electron chi connectivity index (χ4n) is 1.88. The van der Waals surface area contributed by atoms with Gasteiger partial charge in [0.2, 0.25) is 0 Å². The average Bonchev–Trinajstić information content (AvgIpc) is 2.12. The molecule has 2 heteroatoms. The van der Waals surface area contributed by atoms with E-state index in [1.165, 1.54) is 0 Å². The van der Waals surface area contributed by atoms with Gasteiger partial charge in [-0.15, -0.1) is 0 Å². The molecule has 0 heterocycles. The Balaban J connectivity index is 2.78. The van der Waals surface area contributed by atoms with Crippen LogP contribution in [0.1, 0.15) is 34.6 Å². The van der Waals surface area contributed by atoms with E-state index in [2.05, 4.69) is 27.7 Å². The van der Waals surface area contributed by atoms with Gasteiger partial charge in [0.25, 0.3) is 0 Å². The van der Waals surface area contributed by atoms with Gasteiger partial charge in [-0.2, -0.15) is 11.8 Å². The van der Waals surface area contributed by atoms with Crippen molar-refractivity contribution in [1.29, 1.82) is 0 Å². The van der Waals surface area contributed by atoms with E-state index in [0.29, 0.717) is 0 Å². The molecule has 0 aromatic rings. The van der Waals surface area contributed by atoms with Crippen LogP contribution in [0.15, 0.2) is 0 Å². The Morgan fingerprint density at radius 1 is 1.18 bits per heavy atom. The summed E-state index contributed by atoms with van der Waals surface area (Å²) in [6, 6.07) is 0. The SMILES string of the molecule is CCSC1(C)C(C)(C)C1(C)O. The van der Waals surface area contributed by atoms with Crippen molar-refractivity contribution < 1.29 is 5.11 Å². The maximum absolute atomic E-state index is 9.99. The lowest BCUT2D eigenvalue weighted by Crippen LogP contribution is -2.15. The first-order valence-corrected chi connectivity index (χ1v) is 5.16. The van der Waals surface area contributed by atoms with Crippen LogP contribution in [0.25, 0.3) is 0 Å². The first-order valence-electron chi connectivity index (χ1n) is 4.17. The largest absolute Gasteiger partial charge is 0.388 e. The van der Waals surface area contributed by atoms with Gasteiger partial charge in [-0.1, -0.05) is 20.8 Å². The van der Waals surface area contributed by atoms with Gasteiger partial charge >= 0.3 is 0 Å². The molecule has 0 amide bonds. The summed E-state index contributed by atoms with van der Waals surface area (Å²) >= 11 is 1.86. The zero-order valence-electron chi connectivity index (χ0n) is 8.06.